The van der Waals surface area contributed by atoms with Crippen LogP contribution in [0.5, 0.6) is 0 Å². The van der Waals surface area contributed by atoms with Gasteiger partial charge in [-0.25, -0.2) is 0 Å². The molecule has 1 aliphatic rings. The molecule has 2 aromatic rings. The van der Waals surface area contributed by atoms with Crippen LogP contribution < -0.4 is 5.73 Å². The van der Waals surface area contributed by atoms with E-state index in [1.54, 1.807) is 0 Å². The molecule has 3 unspecified atom stereocenters. The molecule has 2 heterocycles. The van der Waals surface area contributed by atoms with Crippen molar-refractivity contribution < 1.29 is 0 Å². The zero-order valence-electron chi connectivity index (χ0n) is 12.3. The lowest BCUT2D eigenvalue weighted by Crippen LogP contribution is -2.32. The summed E-state index contributed by atoms with van der Waals surface area (Å²) >= 11 is 0. The van der Waals surface area contributed by atoms with Crippen molar-refractivity contribution in [2.24, 2.45) is 17.6 Å². The molecule has 3 atom stereocenters. The van der Waals surface area contributed by atoms with Gasteiger partial charge in [0.2, 0.25) is 0 Å². The van der Waals surface area contributed by atoms with Crippen molar-refractivity contribution in [1.82, 2.24) is 9.88 Å². The number of nitrogens with zero attached hydrogens (tertiary/aromatic N) is 2. The summed E-state index contributed by atoms with van der Waals surface area (Å²) in [5.74, 6) is 1.49. The molecule has 1 aromatic heterocycles. The van der Waals surface area contributed by atoms with Gasteiger partial charge in [-0.2, -0.15) is 0 Å². The number of fused-ring (bicyclic) bond motifs is 1. The summed E-state index contributed by atoms with van der Waals surface area (Å²) in [6.07, 6.45) is 3.93. The highest BCUT2D eigenvalue weighted by molar-refractivity contribution is 5.85. The molecule has 20 heavy (non-hydrogen) atoms. The van der Waals surface area contributed by atoms with Gasteiger partial charge in [0.05, 0.1) is 0 Å². The number of aromatic nitrogens is 1. The lowest BCUT2D eigenvalue weighted by atomic mass is 10.0. The Bertz CT molecular complexity index is 580. The number of hydrogen-bond acceptors (Lipinski definition) is 3. The van der Waals surface area contributed by atoms with Crippen molar-refractivity contribution in [1.29, 1.82) is 0 Å². The van der Waals surface area contributed by atoms with Crippen LogP contribution in [0.2, 0.25) is 0 Å². The maximum absolute atomic E-state index is 6.10. The molecule has 2 N–H and O–H groups in total. The van der Waals surface area contributed by atoms with Crippen LogP contribution in [0, 0.1) is 11.8 Å². The molecule has 1 saturated heterocycles. The zero-order valence-corrected chi connectivity index (χ0v) is 12.3. The van der Waals surface area contributed by atoms with Gasteiger partial charge in [-0.15, -0.1) is 0 Å². The first-order valence-electron chi connectivity index (χ1n) is 7.47. The molecule has 0 amide bonds. The quantitative estimate of drug-likeness (QED) is 0.931. The first-order chi connectivity index (χ1) is 9.70. The molecule has 3 nitrogen and oxygen atoms in total. The van der Waals surface area contributed by atoms with Crippen molar-refractivity contribution in [3.05, 3.63) is 42.2 Å². The summed E-state index contributed by atoms with van der Waals surface area (Å²) in [7, 11) is 0. The van der Waals surface area contributed by atoms with Gasteiger partial charge in [-0.3, -0.25) is 9.88 Å². The fourth-order valence-corrected chi connectivity index (χ4v) is 3.31. The predicted molar refractivity (Wildman–Crippen MR) is 83.4 cm³/mol. The minimum Gasteiger partial charge on any atom is -0.329 e. The van der Waals surface area contributed by atoms with Crippen molar-refractivity contribution in [2.75, 3.05) is 19.6 Å². The maximum Gasteiger partial charge on any atom is 0.0492 e. The minimum absolute atomic E-state index is 0.279. The Morgan fingerprint density at radius 2 is 1.90 bits per heavy atom. The number of likely N-dealkylation sites (tertiary alicyclic amines) is 1. The van der Waals surface area contributed by atoms with Gasteiger partial charge < -0.3 is 5.73 Å². The summed E-state index contributed by atoms with van der Waals surface area (Å²) in [5.41, 5.74) is 7.37. The number of nitrogens with two attached hydrogens (primary N) is 1. The zero-order chi connectivity index (χ0) is 14.1. The van der Waals surface area contributed by atoms with Gasteiger partial charge in [0.15, 0.2) is 0 Å². The molecule has 1 aromatic carbocycles. The summed E-state index contributed by atoms with van der Waals surface area (Å²) in [6, 6.07) is 8.73. The van der Waals surface area contributed by atoms with Crippen molar-refractivity contribution in [3.63, 3.8) is 0 Å². The molecule has 3 rings (SSSR count). The van der Waals surface area contributed by atoms with Crippen LogP contribution in [-0.2, 0) is 0 Å². The van der Waals surface area contributed by atoms with E-state index in [4.69, 9.17) is 5.73 Å². The molecule has 0 bridgehead atoms. The number of rotatable bonds is 3. The highest BCUT2D eigenvalue weighted by atomic mass is 15.2. The molecule has 106 valence electrons. The van der Waals surface area contributed by atoms with E-state index < -0.39 is 0 Å². The van der Waals surface area contributed by atoms with E-state index in [9.17, 15) is 0 Å². The van der Waals surface area contributed by atoms with Gasteiger partial charge in [0.1, 0.15) is 0 Å². The third-order valence-corrected chi connectivity index (χ3v) is 4.74. The van der Waals surface area contributed by atoms with Gasteiger partial charge in [-0.05, 0) is 22.8 Å². The Hall–Kier alpha value is -1.45. The second kappa shape index (κ2) is 5.51. The molecule has 0 saturated carbocycles. The second-order valence-electron chi connectivity index (χ2n) is 6.11. The van der Waals surface area contributed by atoms with E-state index in [0.717, 1.165) is 24.9 Å². The van der Waals surface area contributed by atoms with Crippen LogP contribution in [0.4, 0.5) is 0 Å². The van der Waals surface area contributed by atoms with Gasteiger partial charge in [0, 0.05) is 43.5 Å². The summed E-state index contributed by atoms with van der Waals surface area (Å²) in [5, 5.41) is 2.48. The van der Waals surface area contributed by atoms with Crippen LogP contribution in [-0.4, -0.2) is 29.5 Å². The van der Waals surface area contributed by atoms with E-state index in [1.165, 1.54) is 16.3 Å². The summed E-state index contributed by atoms with van der Waals surface area (Å²) < 4.78 is 0. The molecule has 1 aliphatic heterocycles. The highest BCUT2D eigenvalue weighted by Gasteiger charge is 2.31. The van der Waals surface area contributed by atoms with Crippen molar-refractivity contribution >= 4 is 10.8 Å². The Morgan fingerprint density at radius 3 is 2.60 bits per heavy atom. The number of pyridine rings is 1. The topological polar surface area (TPSA) is 42.1 Å². The molecular weight excluding hydrogens is 246 g/mol. The van der Waals surface area contributed by atoms with Crippen LogP contribution >= 0.6 is 0 Å². The lowest BCUT2D eigenvalue weighted by molar-refractivity contribution is 0.241. The molecule has 0 radical (unpaired) electrons. The fourth-order valence-electron chi connectivity index (χ4n) is 3.31. The molecular formula is C17H23N3. The van der Waals surface area contributed by atoms with E-state index in [1.807, 2.05) is 12.4 Å². The Kier molecular flexibility index (Phi) is 3.72. The van der Waals surface area contributed by atoms with E-state index in [0.29, 0.717) is 6.54 Å². The molecule has 0 aliphatic carbocycles. The monoisotopic (exact) mass is 269 g/mol. The Balaban J connectivity index is 2.00. The third kappa shape index (κ3) is 2.32. The van der Waals surface area contributed by atoms with E-state index in [2.05, 4.69) is 48.0 Å². The summed E-state index contributed by atoms with van der Waals surface area (Å²) in [6.45, 7) is 7.58. The normalized spacial score (nSPS) is 25.1. The largest absolute Gasteiger partial charge is 0.329 e. The van der Waals surface area contributed by atoms with Gasteiger partial charge >= 0.3 is 0 Å². The average Bonchev–Trinajstić information content (AvgIpc) is 2.79. The molecule has 1 fully saturated rings. The Labute approximate surface area is 120 Å². The van der Waals surface area contributed by atoms with E-state index >= 15 is 0 Å². The van der Waals surface area contributed by atoms with Crippen LogP contribution in [0.1, 0.15) is 25.5 Å². The first-order valence-corrected chi connectivity index (χ1v) is 7.47. The standard InChI is InChI=1S/C17H23N3/c1-12-10-20(11-13(12)2)17(7-18)16-9-19-8-14-5-3-4-6-15(14)16/h3-6,8-9,12-13,17H,7,10-11,18H2,1-2H3. The highest BCUT2D eigenvalue weighted by Crippen LogP contribution is 2.32. The maximum atomic E-state index is 6.10. The second-order valence-corrected chi connectivity index (χ2v) is 6.11. The van der Waals surface area contributed by atoms with E-state index in [-0.39, 0.29) is 6.04 Å². The summed E-state index contributed by atoms with van der Waals surface area (Å²) in [4.78, 5) is 6.94. The first kappa shape index (κ1) is 13.5. The third-order valence-electron chi connectivity index (χ3n) is 4.74. The van der Waals surface area contributed by atoms with Gasteiger partial charge in [-0.1, -0.05) is 38.1 Å². The van der Waals surface area contributed by atoms with Crippen molar-refractivity contribution in [2.45, 2.75) is 19.9 Å². The van der Waals surface area contributed by atoms with Crippen LogP contribution in [0.3, 0.4) is 0 Å². The fraction of sp³-hybridized carbons (Fsp3) is 0.471. The Morgan fingerprint density at radius 1 is 1.20 bits per heavy atom. The number of benzene rings is 1. The smallest absolute Gasteiger partial charge is 0.0492 e. The van der Waals surface area contributed by atoms with Crippen LogP contribution in [0.25, 0.3) is 10.8 Å². The molecule has 0 spiro atoms. The van der Waals surface area contributed by atoms with Crippen molar-refractivity contribution in [3.8, 4) is 0 Å². The SMILES string of the molecule is CC1CN(C(CN)c2cncc3ccccc23)CC1C. The minimum atomic E-state index is 0.279. The van der Waals surface area contributed by atoms with Gasteiger partial charge in [0.25, 0.3) is 0 Å². The average molecular weight is 269 g/mol. The van der Waals surface area contributed by atoms with Crippen LogP contribution in [0.15, 0.2) is 36.7 Å². The lowest BCUT2D eigenvalue weighted by Gasteiger charge is -2.27. The molecule has 3 heteroatoms. The predicted octanol–water partition coefficient (Wildman–Crippen LogP) is 2.82. The number of hydrogen-bond donors (Lipinski definition) is 1.